The van der Waals surface area contributed by atoms with E-state index in [4.69, 9.17) is 0 Å². The van der Waals surface area contributed by atoms with Crippen LogP contribution in [-0.2, 0) is 6.18 Å². The van der Waals surface area contributed by atoms with Crippen LogP contribution in [0.5, 0.6) is 0 Å². The summed E-state index contributed by atoms with van der Waals surface area (Å²) >= 11 is 0. The molecule has 2 aromatic rings. The molecule has 0 spiro atoms. The van der Waals surface area contributed by atoms with E-state index in [-0.39, 0.29) is 17.8 Å². The highest BCUT2D eigenvalue weighted by atomic mass is 19.4. The summed E-state index contributed by atoms with van der Waals surface area (Å²) in [4.78, 5) is 13.8. The lowest BCUT2D eigenvalue weighted by Crippen LogP contribution is -2.34. The van der Waals surface area contributed by atoms with Crippen LogP contribution >= 0.6 is 0 Å². The standard InChI is InChI=1S/C15H17F3N2O2.C7H8/c16-15(17,18)11-2-1-3-12(6-11)19-14(22)20-7-9-4-13(21)5-10(9)8-20;1-7-5-3-2-4-6-7/h1-3,6,9-10,13,21H,4-5,7-8H2,(H,19,22);2-6H,1H3/t9-,10+,13?;. The third-order valence-corrected chi connectivity index (χ3v) is 5.39. The Balaban J connectivity index is 0.000000290. The van der Waals surface area contributed by atoms with Gasteiger partial charge in [-0.3, -0.25) is 0 Å². The summed E-state index contributed by atoms with van der Waals surface area (Å²) in [6, 6.07) is 14.5. The molecule has 3 atom stereocenters. The van der Waals surface area contributed by atoms with Crippen molar-refractivity contribution in [1.29, 1.82) is 0 Å². The highest BCUT2D eigenvalue weighted by molar-refractivity contribution is 5.89. The molecule has 156 valence electrons. The number of carbonyl (C=O) groups excluding carboxylic acids is 1. The molecule has 2 aromatic carbocycles. The maximum atomic E-state index is 12.7. The van der Waals surface area contributed by atoms with Gasteiger partial charge >= 0.3 is 12.2 Å². The Morgan fingerprint density at radius 3 is 2.17 bits per heavy atom. The molecule has 1 heterocycles. The fourth-order valence-electron chi connectivity index (χ4n) is 3.94. The number of aliphatic hydroxyl groups is 1. The molecule has 0 aromatic heterocycles. The third kappa shape index (κ3) is 5.73. The second-order valence-electron chi connectivity index (χ2n) is 7.71. The number of amides is 2. The van der Waals surface area contributed by atoms with Gasteiger partial charge in [-0.05, 0) is 49.8 Å². The Morgan fingerprint density at radius 1 is 1.03 bits per heavy atom. The number of hydrogen-bond donors (Lipinski definition) is 2. The predicted molar refractivity (Wildman–Crippen MR) is 105 cm³/mol. The zero-order chi connectivity index (χ0) is 21.0. The molecule has 29 heavy (non-hydrogen) atoms. The Hall–Kier alpha value is -2.54. The normalized spacial score (nSPS) is 23.2. The van der Waals surface area contributed by atoms with Gasteiger partial charge in [0.25, 0.3) is 0 Å². The van der Waals surface area contributed by atoms with Crippen molar-refractivity contribution in [3.63, 3.8) is 0 Å². The molecule has 1 aliphatic carbocycles. The van der Waals surface area contributed by atoms with Gasteiger partial charge in [0, 0.05) is 18.8 Å². The average molecular weight is 406 g/mol. The van der Waals surface area contributed by atoms with Crippen molar-refractivity contribution < 1.29 is 23.1 Å². The SMILES string of the molecule is Cc1ccccc1.O=C(Nc1cccc(C(F)(F)F)c1)N1C[C@H]2CC(O)C[C@H]2C1. The summed E-state index contributed by atoms with van der Waals surface area (Å²) in [6.07, 6.45) is -3.33. The first-order valence-corrected chi connectivity index (χ1v) is 9.65. The number of benzene rings is 2. The van der Waals surface area contributed by atoms with Crippen LogP contribution in [0.3, 0.4) is 0 Å². The number of alkyl halides is 3. The number of fused-ring (bicyclic) bond motifs is 1. The quantitative estimate of drug-likeness (QED) is 0.705. The third-order valence-electron chi connectivity index (χ3n) is 5.39. The lowest BCUT2D eigenvalue weighted by atomic mass is 10.0. The van der Waals surface area contributed by atoms with Gasteiger partial charge in [0.15, 0.2) is 0 Å². The van der Waals surface area contributed by atoms with E-state index < -0.39 is 11.7 Å². The fourth-order valence-corrected chi connectivity index (χ4v) is 3.94. The summed E-state index contributed by atoms with van der Waals surface area (Å²) < 4.78 is 38.0. The monoisotopic (exact) mass is 406 g/mol. The van der Waals surface area contributed by atoms with E-state index in [1.54, 1.807) is 4.90 Å². The van der Waals surface area contributed by atoms with Gasteiger partial charge in [0.2, 0.25) is 0 Å². The topological polar surface area (TPSA) is 52.6 Å². The zero-order valence-corrected chi connectivity index (χ0v) is 16.2. The number of urea groups is 1. The second kappa shape index (κ2) is 8.86. The summed E-state index contributed by atoms with van der Waals surface area (Å²) in [5.74, 6) is 0.588. The average Bonchev–Trinajstić information content (AvgIpc) is 3.20. The van der Waals surface area contributed by atoms with Gasteiger partial charge < -0.3 is 15.3 Å². The molecule has 4 rings (SSSR count). The van der Waals surface area contributed by atoms with Gasteiger partial charge in [-0.2, -0.15) is 13.2 Å². The van der Waals surface area contributed by atoms with E-state index in [2.05, 4.69) is 24.4 Å². The van der Waals surface area contributed by atoms with E-state index in [0.29, 0.717) is 37.8 Å². The van der Waals surface area contributed by atoms with Crippen molar-refractivity contribution in [2.45, 2.75) is 32.0 Å². The molecule has 1 saturated heterocycles. The largest absolute Gasteiger partial charge is 0.416 e. The number of hydrogen-bond acceptors (Lipinski definition) is 2. The molecule has 1 unspecified atom stereocenters. The smallest absolute Gasteiger partial charge is 0.393 e. The number of anilines is 1. The highest BCUT2D eigenvalue weighted by Gasteiger charge is 2.41. The van der Waals surface area contributed by atoms with Crippen LogP contribution in [0.1, 0.15) is 24.0 Å². The first-order chi connectivity index (χ1) is 13.7. The fraction of sp³-hybridized carbons (Fsp3) is 0.409. The Morgan fingerprint density at radius 2 is 1.66 bits per heavy atom. The number of aryl methyl sites for hydroxylation is 1. The molecular weight excluding hydrogens is 381 g/mol. The van der Waals surface area contributed by atoms with Crippen molar-refractivity contribution in [3.05, 3.63) is 65.7 Å². The van der Waals surface area contributed by atoms with Crippen LogP contribution in [0.2, 0.25) is 0 Å². The minimum atomic E-state index is -4.43. The lowest BCUT2D eigenvalue weighted by Gasteiger charge is -2.19. The van der Waals surface area contributed by atoms with Gasteiger partial charge in [-0.25, -0.2) is 4.79 Å². The summed E-state index contributed by atoms with van der Waals surface area (Å²) in [5, 5.41) is 12.1. The van der Waals surface area contributed by atoms with Crippen molar-refractivity contribution in [3.8, 4) is 0 Å². The number of nitrogens with zero attached hydrogens (tertiary/aromatic N) is 1. The van der Waals surface area contributed by atoms with Gasteiger partial charge in [0.05, 0.1) is 11.7 Å². The second-order valence-corrected chi connectivity index (χ2v) is 7.71. The maximum absolute atomic E-state index is 12.7. The van der Waals surface area contributed by atoms with Crippen LogP contribution in [0.25, 0.3) is 0 Å². The first kappa shape index (κ1) is 21.2. The Kier molecular flexibility index (Phi) is 6.47. The Bertz CT molecular complexity index is 812. The van der Waals surface area contributed by atoms with Crippen molar-refractivity contribution >= 4 is 11.7 Å². The number of likely N-dealkylation sites (tertiary alicyclic amines) is 1. The zero-order valence-electron chi connectivity index (χ0n) is 16.2. The number of carbonyl (C=O) groups is 1. The first-order valence-electron chi connectivity index (χ1n) is 9.65. The lowest BCUT2D eigenvalue weighted by molar-refractivity contribution is -0.137. The summed E-state index contributed by atoms with van der Waals surface area (Å²) in [7, 11) is 0. The predicted octanol–water partition coefficient (Wildman–Crippen LogP) is 4.94. The summed E-state index contributed by atoms with van der Waals surface area (Å²) in [5.41, 5.74) is 0.672. The molecule has 7 heteroatoms. The minimum absolute atomic E-state index is 0.136. The number of nitrogens with one attached hydrogen (secondary N) is 1. The Labute approximate surface area is 168 Å². The number of aliphatic hydroxyl groups excluding tert-OH is 1. The van der Waals surface area contributed by atoms with Crippen LogP contribution in [0.4, 0.5) is 23.7 Å². The van der Waals surface area contributed by atoms with Crippen LogP contribution in [-0.4, -0.2) is 35.2 Å². The van der Waals surface area contributed by atoms with E-state index in [1.807, 2.05) is 18.2 Å². The van der Waals surface area contributed by atoms with E-state index in [9.17, 15) is 23.1 Å². The molecule has 2 amide bonds. The molecular formula is C22H25F3N2O2. The van der Waals surface area contributed by atoms with Crippen molar-refractivity contribution in [2.24, 2.45) is 11.8 Å². The molecule has 2 fully saturated rings. The van der Waals surface area contributed by atoms with Gasteiger partial charge in [-0.1, -0.05) is 42.0 Å². The molecule has 1 aliphatic heterocycles. The van der Waals surface area contributed by atoms with Gasteiger partial charge in [-0.15, -0.1) is 0 Å². The van der Waals surface area contributed by atoms with E-state index in [1.165, 1.54) is 17.7 Å². The van der Waals surface area contributed by atoms with E-state index in [0.717, 1.165) is 12.1 Å². The molecule has 0 radical (unpaired) electrons. The minimum Gasteiger partial charge on any atom is -0.393 e. The highest BCUT2D eigenvalue weighted by Crippen LogP contribution is 2.38. The van der Waals surface area contributed by atoms with Crippen LogP contribution in [0.15, 0.2) is 54.6 Å². The van der Waals surface area contributed by atoms with Crippen LogP contribution < -0.4 is 5.32 Å². The molecule has 1 saturated carbocycles. The molecule has 4 nitrogen and oxygen atoms in total. The number of rotatable bonds is 1. The molecule has 2 aliphatic rings. The van der Waals surface area contributed by atoms with Crippen LogP contribution in [0, 0.1) is 18.8 Å². The van der Waals surface area contributed by atoms with Crippen molar-refractivity contribution in [2.75, 3.05) is 18.4 Å². The van der Waals surface area contributed by atoms with E-state index >= 15 is 0 Å². The molecule has 2 N–H and O–H groups in total. The van der Waals surface area contributed by atoms with Gasteiger partial charge in [0.1, 0.15) is 0 Å². The maximum Gasteiger partial charge on any atom is 0.416 e. The summed E-state index contributed by atoms with van der Waals surface area (Å²) in [6.45, 7) is 3.18. The number of halogens is 3. The van der Waals surface area contributed by atoms with Crippen molar-refractivity contribution in [1.82, 2.24) is 4.90 Å². The molecule has 0 bridgehead atoms.